The second-order valence-corrected chi connectivity index (χ2v) is 9.83. The number of para-hydroxylation sites is 2. The number of rotatable bonds is 9. The maximum absolute atomic E-state index is 13.4. The van der Waals surface area contributed by atoms with Gasteiger partial charge in [-0.25, -0.2) is 0 Å². The van der Waals surface area contributed by atoms with Crippen LogP contribution in [0.2, 0.25) is 0 Å². The first-order valence-electron chi connectivity index (χ1n) is 12.5. The van der Waals surface area contributed by atoms with Gasteiger partial charge in [0.25, 0.3) is 11.8 Å². The first-order chi connectivity index (χ1) is 19.0. The third kappa shape index (κ3) is 7.52. The molecular weight excluding hydrogens is 574 g/mol. The van der Waals surface area contributed by atoms with Crippen LogP contribution in [0.15, 0.2) is 108 Å². The standard InChI is InChI=1S/C31H28BrN3O3S/c1-2-35(24-13-7-4-8-14-24)30(37)25-15-9-10-16-27(25)33-31(39)34-29(36)23-17-18-28(26(32)21-23)38-20-19-22-11-5-3-6-12-22/h3-18,21H,2,19-20H2,1H3,(H2,33,34,36,39). The number of nitrogens with one attached hydrogen (secondary N) is 2. The van der Waals surface area contributed by atoms with E-state index in [-0.39, 0.29) is 16.9 Å². The summed E-state index contributed by atoms with van der Waals surface area (Å²) < 4.78 is 6.54. The Balaban J connectivity index is 1.38. The Bertz CT molecular complexity index is 1450. The molecule has 0 aromatic heterocycles. The normalized spacial score (nSPS) is 10.4. The number of amides is 2. The Hall–Kier alpha value is -4.01. The van der Waals surface area contributed by atoms with Gasteiger partial charge in [-0.15, -0.1) is 0 Å². The SMILES string of the molecule is CCN(C(=O)c1ccccc1NC(=S)NC(=O)c1ccc(OCCc2ccccc2)c(Br)c1)c1ccccc1. The number of benzene rings is 4. The number of thiocarbonyl (C=S) groups is 1. The fourth-order valence-corrected chi connectivity index (χ4v) is 4.68. The molecule has 0 aliphatic carbocycles. The number of carbonyl (C=O) groups excluding carboxylic acids is 2. The van der Waals surface area contributed by atoms with E-state index in [1.54, 1.807) is 47.4 Å². The molecule has 0 saturated carbocycles. The lowest BCUT2D eigenvalue weighted by Gasteiger charge is -2.23. The van der Waals surface area contributed by atoms with Crippen molar-refractivity contribution in [2.24, 2.45) is 0 Å². The second kappa shape index (κ2) is 13.7. The van der Waals surface area contributed by atoms with Crippen molar-refractivity contribution in [3.05, 3.63) is 124 Å². The van der Waals surface area contributed by atoms with Gasteiger partial charge < -0.3 is 15.0 Å². The molecule has 4 aromatic rings. The van der Waals surface area contributed by atoms with Gasteiger partial charge in [-0.2, -0.15) is 0 Å². The molecule has 0 bridgehead atoms. The smallest absolute Gasteiger partial charge is 0.260 e. The van der Waals surface area contributed by atoms with Crippen LogP contribution in [0.5, 0.6) is 5.75 Å². The molecule has 0 spiro atoms. The minimum atomic E-state index is -0.382. The Kier molecular flexibility index (Phi) is 9.83. The lowest BCUT2D eigenvalue weighted by atomic mass is 10.1. The fourth-order valence-electron chi connectivity index (χ4n) is 3.99. The maximum Gasteiger partial charge on any atom is 0.260 e. The molecule has 6 nitrogen and oxygen atoms in total. The van der Waals surface area contributed by atoms with Gasteiger partial charge in [0, 0.05) is 24.2 Å². The lowest BCUT2D eigenvalue weighted by Crippen LogP contribution is -2.35. The van der Waals surface area contributed by atoms with Crippen LogP contribution in [-0.4, -0.2) is 30.1 Å². The average molecular weight is 603 g/mol. The maximum atomic E-state index is 13.4. The molecule has 8 heteroatoms. The molecule has 0 heterocycles. The van der Waals surface area contributed by atoms with E-state index < -0.39 is 0 Å². The monoisotopic (exact) mass is 601 g/mol. The van der Waals surface area contributed by atoms with Gasteiger partial charge in [0.1, 0.15) is 5.75 Å². The largest absolute Gasteiger partial charge is 0.492 e. The van der Waals surface area contributed by atoms with Gasteiger partial charge in [-0.3, -0.25) is 14.9 Å². The van der Waals surface area contributed by atoms with Crippen molar-refractivity contribution in [3.63, 3.8) is 0 Å². The van der Waals surface area contributed by atoms with Gasteiger partial charge >= 0.3 is 0 Å². The molecule has 0 atom stereocenters. The van der Waals surface area contributed by atoms with Crippen molar-refractivity contribution < 1.29 is 14.3 Å². The molecule has 198 valence electrons. The predicted octanol–water partition coefficient (Wildman–Crippen LogP) is 6.86. The summed E-state index contributed by atoms with van der Waals surface area (Å²) in [6.45, 7) is 2.93. The lowest BCUT2D eigenvalue weighted by molar-refractivity contribution is 0.0974. The van der Waals surface area contributed by atoms with Crippen molar-refractivity contribution in [3.8, 4) is 5.75 Å². The molecule has 0 aliphatic heterocycles. The van der Waals surface area contributed by atoms with Crippen molar-refractivity contribution in [2.45, 2.75) is 13.3 Å². The molecule has 2 N–H and O–H groups in total. The third-order valence-electron chi connectivity index (χ3n) is 5.95. The molecular formula is C31H28BrN3O3S. The molecule has 0 radical (unpaired) electrons. The van der Waals surface area contributed by atoms with Crippen LogP contribution in [0.25, 0.3) is 0 Å². The van der Waals surface area contributed by atoms with Crippen LogP contribution < -0.4 is 20.3 Å². The van der Waals surface area contributed by atoms with Gasteiger partial charge in [-0.1, -0.05) is 60.7 Å². The minimum absolute atomic E-state index is 0.0855. The summed E-state index contributed by atoms with van der Waals surface area (Å²) in [6, 6.07) is 31.7. The minimum Gasteiger partial charge on any atom is -0.492 e. The first-order valence-corrected chi connectivity index (χ1v) is 13.7. The second-order valence-electron chi connectivity index (χ2n) is 8.57. The van der Waals surface area contributed by atoms with Crippen LogP contribution in [0.3, 0.4) is 0 Å². The highest BCUT2D eigenvalue weighted by Gasteiger charge is 2.20. The summed E-state index contributed by atoms with van der Waals surface area (Å²) in [7, 11) is 0. The molecule has 4 aromatic carbocycles. The van der Waals surface area contributed by atoms with Crippen LogP contribution in [0.4, 0.5) is 11.4 Å². The van der Waals surface area contributed by atoms with Gasteiger partial charge in [0.05, 0.1) is 22.3 Å². The number of carbonyl (C=O) groups is 2. The fraction of sp³-hybridized carbons (Fsp3) is 0.129. The molecule has 39 heavy (non-hydrogen) atoms. The van der Waals surface area contributed by atoms with Crippen LogP contribution in [0, 0.1) is 0 Å². The van der Waals surface area contributed by atoms with Crippen molar-refractivity contribution in [1.29, 1.82) is 0 Å². The Morgan fingerprint density at radius 2 is 1.56 bits per heavy atom. The third-order valence-corrected chi connectivity index (χ3v) is 6.77. The predicted molar refractivity (Wildman–Crippen MR) is 164 cm³/mol. The van der Waals surface area contributed by atoms with Crippen molar-refractivity contribution in [2.75, 3.05) is 23.4 Å². The van der Waals surface area contributed by atoms with E-state index in [4.69, 9.17) is 17.0 Å². The Labute approximate surface area is 242 Å². The molecule has 4 rings (SSSR count). The van der Waals surface area contributed by atoms with Gasteiger partial charge in [0.15, 0.2) is 5.11 Å². The number of hydrogen-bond acceptors (Lipinski definition) is 4. The number of anilines is 2. The summed E-state index contributed by atoms with van der Waals surface area (Å²) in [6.07, 6.45) is 0.779. The van der Waals surface area contributed by atoms with E-state index in [0.717, 1.165) is 12.1 Å². The molecule has 0 fully saturated rings. The molecule has 0 saturated heterocycles. The summed E-state index contributed by atoms with van der Waals surface area (Å²) in [5.41, 5.74) is 3.35. The highest BCUT2D eigenvalue weighted by atomic mass is 79.9. The van der Waals surface area contributed by atoms with Crippen LogP contribution in [-0.2, 0) is 6.42 Å². The first kappa shape index (κ1) is 28.0. The zero-order valence-electron chi connectivity index (χ0n) is 21.4. The summed E-state index contributed by atoms with van der Waals surface area (Å²) >= 11 is 8.90. The van der Waals surface area contributed by atoms with E-state index in [2.05, 4.69) is 38.7 Å². The zero-order valence-corrected chi connectivity index (χ0v) is 23.8. The number of ether oxygens (including phenoxy) is 1. The van der Waals surface area contributed by atoms with Gasteiger partial charge in [-0.05, 0) is 83.1 Å². The molecule has 0 aliphatic rings. The highest BCUT2D eigenvalue weighted by Crippen LogP contribution is 2.26. The molecule has 0 unspecified atom stereocenters. The highest BCUT2D eigenvalue weighted by molar-refractivity contribution is 9.10. The summed E-state index contributed by atoms with van der Waals surface area (Å²) in [4.78, 5) is 28.0. The number of nitrogens with zero attached hydrogens (tertiary/aromatic N) is 1. The van der Waals surface area contributed by atoms with Crippen LogP contribution in [0.1, 0.15) is 33.2 Å². The van der Waals surface area contributed by atoms with E-state index >= 15 is 0 Å². The topological polar surface area (TPSA) is 70.7 Å². The van der Waals surface area contributed by atoms with E-state index in [1.165, 1.54) is 5.56 Å². The van der Waals surface area contributed by atoms with Gasteiger partial charge in [0.2, 0.25) is 0 Å². The summed E-state index contributed by atoms with van der Waals surface area (Å²) in [5.74, 6) is 0.0922. The number of hydrogen-bond donors (Lipinski definition) is 2. The quantitative estimate of drug-likeness (QED) is 0.205. The zero-order chi connectivity index (χ0) is 27.6. The van der Waals surface area contributed by atoms with E-state index in [9.17, 15) is 9.59 Å². The van der Waals surface area contributed by atoms with E-state index in [0.29, 0.717) is 40.2 Å². The Morgan fingerprint density at radius 3 is 2.26 bits per heavy atom. The average Bonchev–Trinajstić information content (AvgIpc) is 2.95. The van der Waals surface area contributed by atoms with E-state index in [1.807, 2.05) is 55.5 Å². The van der Waals surface area contributed by atoms with Crippen molar-refractivity contribution >= 4 is 56.4 Å². The van der Waals surface area contributed by atoms with Crippen LogP contribution >= 0.6 is 28.1 Å². The Morgan fingerprint density at radius 1 is 0.897 bits per heavy atom. The molecule has 2 amide bonds. The van der Waals surface area contributed by atoms with Crippen molar-refractivity contribution in [1.82, 2.24) is 5.32 Å². The summed E-state index contributed by atoms with van der Waals surface area (Å²) in [5, 5.41) is 5.78. The number of halogens is 1.